The fourth-order valence-electron chi connectivity index (χ4n) is 3.23. The van der Waals surface area contributed by atoms with Crippen molar-refractivity contribution in [3.63, 3.8) is 0 Å². The van der Waals surface area contributed by atoms with E-state index in [1.54, 1.807) is 13.8 Å². The summed E-state index contributed by atoms with van der Waals surface area (Å²) < 4.78 is 21.0. The Kier molecular flexibility index (Phi) is 10.2. The molecule has 10 nitrogen and oxygen atoms in total. The summed E-state index contributed by atoms with van der Waals surface area (Å²) in [5.74, 6) is -1.50. The van der Waals surface area contributed by atoms with Gasteiger partial charge in [-0.05, 0) is 0 Å². The molecule has 0 radical (unpaired) electrons. The van der Waals surface area contributed by atoms with E-state index in [-0.39, 0.29) is 26.2 Å². The van der Waals surface area contributed by atoms with Crippen LogP contribution < -0.4 is 10.4 Å². The van der Waals surface area contributed by atoms with E-state index in [9.17, 15) is 19.3 Å². The molecule has 1 aliphatic heterocycles. The second-order valence-corrected chi connectivity index (χ2v) is 10.6. The van der Waals surface area contributed by atoms with Gasteiger partial charge in [0.2, 0.25) is 0 Å². The SMILES string of the molecule is COC(=O)CCNC(=O)[C@@H]1O[PH](O)(N[C@@H](C)C(=O)OCCCc2ccccc2)OCC1(C)C. The van der Waals surface area contributed by atoms with Crippen molar-refractivity contribution in [2.24, 2.45) is 5.41 Å². The molecule has 1 saturated heterocycles. The minimum atomic E-state index is -4.05. The Labute approximate surface area is 194 Å². The van der Waals surface area contributed by atoms with Crippen LogP contribution in [0, 0.1) is 5.41 Å². The van der Waals surface area contributed by atoms with Crippen LogP contribution in [0.2, 0.25) is 0 Å². The van der Waals surface area contributed by atoms with Crippen molar-refractivity contribution < 1.29 is 37.8 Å². The molecule has 11 heteroatoms. The number of carbonyl (C=O) groups excluding carboxylic acids is 3. The van der Waals surface area contributed by atoms with Gasteiger partial charge in [-0.15, -0.1) is 0 Å². The number of methoxy groups -OCH3 is 1. The molecule has 3 N–H and O–H groups in total. The zero-order chi connectivity index (χ0) is 24.5. The van der Waals surface area contributed by atoms with Crippen molar-refractivity contribution >= 4 is 25.9 Å². The summed E-state index contributed by atoms with van der Waals surface area (Å²) in [4.78, 5) is 47.0. The molecular weight excluding hydrogens is 451 g/mol. The van der Waals surface area contributed by atoms with Gasteiger partial charge in [0.15, 0.2) is 0 Å². The first-order valence-electron chi connectivity index (χ1n) is 10.9. The molecule has 1 aliphatic rings. The quantitative estimate of drug-likeness (QED) is 0.243. The molecule has 0 aliphatic carbocycles. The number of amides is 1. The van der Waals surface area contributed by atoms with E-state index < -0.39 is 43.5 Å². The van der Waals surface area contributed by atoms with Crippen LogP contribution in [-0.4, -0.2) is 61.8 Å². The van der Waals surface area contributed by atoms with Crippen molar-refractivity contribution in [2.45, 2.75) is 52.2 Å². The molecule has 1 heterocycles. The Hall–Kier alpha value is -2.10. The zero-order valence-electron chi connectivity index (χ0n) is 19.6. The second-order valence-electron chi connectivity index (χ2n) is 8.60. The van der Waals surface area contributed by atoms with E-state index in [2.05, 4.69) is 15.1 Å². The van der Waals surface area contributed by atoms with Crippen LogP contribution in [0.1, 0.15) is 39.2 Å². The summed E-state index contributed by atoms with van der Waals surface area (Å²) in [5.41, 5.74) is 0.418. The van der Waals surface area contributed by atoms with Gasteiger partial charge in [0.05, 0.1) is 0 Å². The standard InChI is InChI=1S/C22H35N2O8P/c1-16(21(27)30-14-8-11-17-9-6-5-7-10-17)24-33(28)31-15-22(2,3)19(32-33)20(26)23-13-12-18(25)29-4/h5-7,9-10,16,19,24,28,33H,8,11-15H2,1-4H3,(H,23,26)/t16-,19-/m0/s1. The van der Waals surface area contributed by atoms with Gasteiger partial charge in [0.25, 0.3) is 0 Å². The molecule has 2 rings (SSSR count). The molecule has 1 aromatic rings. The van der Waals surface area contributed by atoms with Crippen LogP contribution in [-0.2, 0) is 39.3 Å². The molecule has 1 aromatic carbocycles. The third kappa shape index (κ3) is 8.64. The molecule has 33 heavy (non-hydrogen) atoms. The molecule has 0 bridgehead atoms. The molecule has 0 unspecified atom stereocenters. The maximum absolute atomic E-state index is 12.6. The summed E-state index contributed by atoms with van der Waals surface area (Å²) in [6.07, 6.45) is 0.420. The van der Waals surface area contributed by atoms with Gasteiger partial charge in [0.1, 0.15) is 0 Å². The van der Waals surface area contributed by atoms with Crippen LogP contribution in [0.4, 0.5) is 0 Å². The van der Waals surface area contributed by atoms with Crippen molar-refractivity contribution in [2.75, 3.05) is 26.9 Å². The Balaban J connectivity index is 1.84. The van der Waals surface area contributed by atoms with Crippen LogP contribution in [0.3, 0.4) is 0 Å². The van der Waals surface area contributed by atoms with Crippen LogP contribution in [0.5, 0.6) is 0 Å². The van der Waals surface area contributed by atoms with Crippen molar-refractivity contribution in [1.82, 2.24) is 10.4 Å². The van der Waals surface area contributed by atoms with E-state index in [1.807, 2.05) is 30.3 Å². The van der Waals surface area contributed by atoms with Crippen molar-refractivity contribution in [1.29, 1.82) is 0 Å². The molecule has 0 saturated carbocycles. The van der Waals surface area contributed by atoms with Crippen LogP contribution >= 0.6 is 8.09 Å². The number of nitrogens with one attached hydrogen (secondary N) is 2. The number of rotatable bonds is 11. The average Bonchev–Trinajstić information content (AvgIpc) is 2.78. The summed E-state index contributed by atoms with van der Waals surface area (Å²) >= 11 is 0. The number of ether oxygens (including phenoxy) is 2. The fraction of sp³-hybridized carbons (Fsp3) is 0.591. The maximum atomic E-state index is 12.6. The molecule has 2 atom stereocenters. The summed E-state index contributed by atoms with van der Waals surface area (Å²) in [6, 6.07) is 8.97. The first-order valence-corrected chi connectivity index (χ1v) is 12.7. The Bertz CT molecular complexity index is 807. The van der Waals surface area contributed by atoms with Gasteiger partial charge < -0.3 is 0 Å². The summed E-state index contributed by atoms with van der Waals surface area (Å²) in [5, 5.41) is 5.29. The Morgan fingerprint density at radius 1 is 1.27 bits per heavy atom. The normalized spacial score (nSPS) is 20.8. The van der Waals surface area contributed by atoms with E-state index in [4.69, 9.17) is 13.8 Å². The third-order valence-corrected chi connectivity index (χ3v) is 7.06. The number of esters is 2. The van der Waals surface area contributed by atoms with Gasteiger partial charge >= 0.3 is 195 Å². The van der Waals surface area contributed by atoms with E-state index in [0.29, 0.717) is 6.42 Å². The Morgan fingerprint density at radius 2 is 1.97 bits per heavy atom. The Morgan fingerprint density at radius 3 is 2.64 bits per heavy atom. The zero-order valence-corrected chi connectivity index (χ0v) is 20.6. The fourth-order valence-corrected chi connectivity index (χ4v) is 5.43. The first-order chi connectivity index (χ1) is 15.6. The van der Waals surface area contributed by atoms with E-state index in [1.165, 1.54) is 14.0 Å². The number of hydrogen-bond donors (Lipinski definition) is 3. The molecule has 1 amide bonds. The average molecular weight is 487 g/mol. The van der Waals surface area contributed by atoms with Gasteiger partial charge in [-0.2, -0.15) is 0 Å². The number of hydrogen-bond acceptors (Lipinski definition) is 9. The first kappa shape index (κ1) is 27.1. The molecule has 0 aromatic heterocycles. The predicted molar refractivity (Wildman–Crippen MR) is 123 cm³/mol. The van der Waals surface area contributed by atoms with Crippen LogP contribution in [0.25, 0.3) is 0 Å². The van der Waals surface area contributed by atoms with E-state index in [0.717, 1.165) is 12.0 Å². The van der Waals surface area contributed by atoms with Gasteiger partial charge in [-0.25, -0.2) is 0 Å². The monoisotopic (exact) mass is 486 g/mol. The summed E-state index contributed by atoms with van der Waals surface area (Å²) in [7, 11) is -2.78. The van der Waals surface area contributed by atoms with Crippen LogP contribution in [0.15, 0.2) is 30.3 Å². The number of carbonyl (C=O) groups is 3. The molecule has 186 valence electrons. The summed E-state index contributed by atoms with van der Waals surface area (Å²) in [6.45, 7) is 5.39. The minimum absolute atomic E-state index is 0.0129. The second kappa shape index (κ2) is 12.4. The number of aryl methyl sites for hydroxylation is 1. The van der Waals surface area contributed by atoms with Gasteiger partial charge in [-0.1, -0.05) is 0 Å². The molecular formula is C22H35N2O8P. The van der Waals surface area contributed by atoms with E-state index >= 15 is 0 Å². The molecule has 0 spiro atoms. The molecule has 1 fully saturated rings. The van der Waals surface area contributed by atoms with Gasteiger partial charge in [-0.3, -0.25) is 0 Å². The van der Waals surface area contributed by atoms with Crippen molar-refractivity contribution in [3.05, 3.63) is 35.9 Å². The third-order valence-electron chi connectivity index (χ3n) is 5.17. The van der Waals surface area contributed by atoms with Crippen molar-refractivity contribution in [3.8, 4) is 0 Å². The van der Waals surface area contributed by atoms with Gasteiger partial charge in [0, 0.05) is 0 Å². The predicted octanol–water partition coefficient (Wildman–Crippen LogP) is 1.66. The topological polar surface area (TPSA) is 132 Å². The number of benzene rings is 1.